The molecule has 0 spiro atoms. The Hall–Kier alpha value is 2.95. The standard InChI is InChI=1S/CH5N.3HI.Sn.2H/c1-2;;;;;;/h2H2,1H3;3*1H;;;/p-2. The summed E-state index contributed by atoms with van der Waals surface area (Å²) < 4.78 is 0. The van der Waals surface area contributed by atoms with Crippen LogP contribution in [0.4, 0.5) is 0 Å². The SMILES string of the molecule is C[NH3+].[I-].[I-].[I-].[SnH2]. The first-order valence-electron chi connectivity index (χ1n) is 0.707. The van der Waals surface area contributed by atoms with E-state index < -0.39 is 0 Å². The Kier molecular flexibility index (Phi) is 267. The van der Waals surface area contributed by atoms with Gasteiger partial charge in [-0.05, 0) is 0 Å². The van der Waals surface area contributed by atoms with E-state index in [-0.39, 0.29) is 95.8 Å². The summed E-state index contributed by atoms with van der Waals surface area (Å²) in [7, 11) is 1.75. The molecule has 0 fully saturated rings. The maximum atomic E-state index is 3.25. The molecule has 0 aromatic rings. The van der Waals surface area contributed by atoms with E-state index in [1.807, 2.05) is 0 Å². The number of quaternary nitrogens is 1. The van der Waals surface area contributed by atoms with E-state index in [2.05, 4.69) is 5.73 Å². The van der Waals surface area contributed by atoms with Gasteiger partial charge in [0.05, 0.1) is 7.05 Å². The zero-order chi connectivity index (χ0) is 2.00. The second-order valence-corrected chi connectivity index (χ2v) is 0. The van der Waals surface area contributed by atoms with Crippen LogP contribution >= 0.6 is 0 Å². The minimum atomic E-state index is 0. The third kappa shape index (κ3) is 28.3. The molecular formula is CH8I3NSn-2. The van der Waals surface area contributed by atoms with Crippen LogP contribution in [0.25, 0.3) is 0 Å². The van der Waals surface area contributed by atoms with Gasteiger partial charge in [-0.15, -0.1) is 0 Å². The summed E-state index contributed by atoms with van der Waals surface area (Å²) in [4.78, 5) is 0. The van der Waals surface area contributed by atoms with E-state index in [1.54, 1.807) is 7.05 Å². The molecule has 6 heavy (non-hydrogen) atoms. The van der Waals surface area contributed by atoms with E-state index in [0.29, 0.717) is 0 Å². The monoisotopic (exact) mass is 535 g/mol. The molecule has 0 aromatic heterocycles. The molecule has 2 radical (unpaired) electrons. The fourth-order valence-electron chi connectivity index (χ4n) is 0. The van der Waals surface area contributed by atoms with Gasteiger partial charge in [0.15, 0.2) is 0 Å². The zero-order valence-electron chi connectivity index (χ0n) is 3.55. The summed E-state index contributed by atoms with van der Waals surface area (Å²) in [5, 5.41) is 0. The molecule has 0 saturated heterocycles. The number of hydrogen-bond acceptors (Lipinski definition) is 0. The summed E-state index contributed by atoms with van der Waals surface area (Å²) in [5.41, 5.74) is 3.25. The normalized spacial score (nSPS) is 1.00. The van der Waals surface area contributed by atoms with Crippen molar-refractivity contribution in [2.45, 2.75) is 0 Å². The predicted octanol–water partition coefficient (Wildman–Crippen LogP) is -11.0. The van der Waals surface area contributed by atoms with E-state index in [4.69, 9.17) is 0 Å². The van der Waals surface area contributed by atoms with Crippen molar-refractivity contribution >= 4 is 23.9 Å². The van der Waals surface area contributed by atoms with Crippen LogP contribution in [0.3, 0.4) is 0 Å². The quantitative estimate of drug-likeness (QED) is 0.237. The Morgan fingerprint density at radius 1 is 0.833 bits per heavy atom. The summed E-state index contributed by atoms with van der Waals surface area (Å²) in [6.07, 6.45) is 0. The third-order valence-corrected chi connectivity index (χ3v) is 0. The minimum absolute atomic E-state index is 0. The molecule has 3 N–H and O–H groups in total. The van der Waals surface area contributed by atoms with Gasteiger partial charge in [-0.3, -0.25) is 0 Å². The van der Waals surface area contributed by atoms with Gasteiger partial charge in [-0.2, -0.15) is 0 Å². The van der Waals surface area contributed by atoms with Crippen LogP contribution in [0.15, 0.2) is 0 Å². The molecule has 0 aliphatic heterocycles. The van der Waals surface area contributed by atoms with E-state index in [9.17, 15) is 0 Å². The van der Waals surface area contributed by atoms with Gasteiger partial charge in [0, 0.05) is 0 Å². The van der Waals surface area contributed by atoms with Crippen LogP contribution in [-0.2, 0) is 0 Å². The van der Waals surface area contributed by atoms with Crippen LogP contribution in [-0.4, -0.2) is 31.0 Å². The molecule has 0 saturated carbocycles. The summed E-state index contributed by atoms with van der Waals surface area (Å²) >= 11 is 0. The van der Waals surface area contributed by atoms with Crippen LogP contribution in [0, 0.1) is 0 Å². The first-order chi connectivity index (χ1) is 1.00. The Bertz CT molecular complexity index is 10.8. The molecular weight excluding hydrogens is 525 g/mol. The van der Waals surface area contributed by atoms with Crippen LogP contribution < -0.4 is 77.7 Å². The van der Waals surface area contributed by atoms with Crippen molar-refractivity contribution in [1.29, 1.82) is 0 Å². The molecule has 0 bridgehead atoms. The van der Waals surface area contributed by atoms with Crippen LogP contribution in [0.2, 0.25) is 0 Å². The molecule has 0 unspecified atom stereocenters. The van der Waals surface area contributed by atoms with Crippen molar-refractivity contribution in [1.82, 2.24) is 0 Å². The number of rotatable bonds is 0. The van der Waals surface area contributed by atoms with Gasteiger partial charge in [-0.25, -0.2) is 0 Å². The molecule has 0 atom stereocenters. The van der Waals surface area contributed by atoms with Crippen LogP contribution in [0.1, 0.15) is 0 Å². The van der Waals surface area contributed by atoms with Gasteiger partial charge < -0.3 is 77.7 Å². The van der Waals surface area contributed by atoms with Gasteiger partial charge in [0.1, 0.15) is 0 Å². The number of halogens is 3. The molecule has 44 valence electrons. The first kappa shape index (κ1) is 36.3. The Balaban J connectivity index is -0.000000000833. The van der Waals surface area contributed by atoms with E-state index in [1.165, 1.54) is 0 Å². The molecule has 0 aliphatic rings. The second-order valence-electron chi connectivity index (χ2n) is 0. The predicted molar refractivity (Wildman–Crippen MR) is 17.4 cm³/mol. The van der Waals surface area contributed by atoms with Crippen molar-refractivity contribution in [2.75, 3.05) is 7.05 Å². The van der Waals surface area contributed by atoms with Gasteiger partial charge in [0.2, 0.25) is 0 Å². The van der Waals surface area contributed by atoms with E-state index in [0.717, 1.165) is 0 Å². The topological polar surface area (TPSA) is 27.6 Å². The summed E-state index contributed by atoms with van der Waals surface area (Å²) in [6, 6.07) is 0. The van der Waals surface area contributed by atoms with E-state index >= 15 is 0 Å². The fourth-order valence-corrected chi connectivity index (χ4v) is 0. The molecule has 0 aliphatic carbocycles. The van der Waals surface area contributed by atoms with Crippen molar-refractivity contribution in [3.8, 4) is 0 Å². The molecule has 0 heterocycles. The maximum absolute atomic E-state index is 3.25. The van der Waals surface area contributed by atoms with Crippen molar-refractivity contribution < 1.29 is 77.7 Å². The summed E-state index contributed by atoms with van der Waals surface area (Å²) in [6.45, 7) is 0. The Labute approximate surface area is 107 Å². The van der Waals surface area contributed by atoms with Gasteiger partial charge >= 0.3 is 23.9 Å². The van der Waals surface area contributed by atoms with Gasteiger partial charge in [0.25, 0.3) is 0 Å². The Morgan fingerprint density at radius 2 is 0.833 bits per heavy atom. The Morgan fingerprint density at radius 3 is 0.833 bits per heavy atom. The zero-order valence-corrected chi connectivity index (χ0v) is 14.1. The van der Waals surface area contributed by atoms with Crippen molar-refractivity contribution in [3.05, 3.63) is 0 Å². The third-order valence-electron chi connectivity index (χ3n) is 0. The van der Waals surface area contributed by atoms with Crippen molar-refractivity contribution in [3.63, 3.8) is 0 Å². The van der Waals surface area contributed by atoms with Gasteiger partial charge in [-0.1, -0.05) is 0 Å². The number of hydrogen-bond donors (Lipinski definition) is 1. The molecule has 5 heteroatoms. The molecule has 0 amide bonds. The average molecular weight is 534 g/mol. The molecule has 0 aromatic carbocycles. The molecule has 1 nitrogen and oxygen atoms in total. The average Bonchev–Trinajstić information content (AvgIpc) is 1.00. The fraction of sp³-hybridized carbons (Fsp3) is 1.00. The second kappa shape index (κ2) is 44.1. The molecule has 0 rings (SSSR count). The first-order valence-corrected chi connectivity index (χ1v) is 0.707. The summed E-state index contributed by atoms with van der Waals surface area (Å²) in [5.74, 6) is 0. The van der Waals surface area contributed by atoms with Crippen molar-refractivity contribution in [2.24, 2.45) is 0 Å². The van der Waals surface area contributed by atoms with Crippen LogP contribution in [0.5, 0.6) is 0 Å².